The Morgan fingerprint density at radius 2 is 1.45 bits per heavy atom. The summed E-state index contributed by atoms with van der Waals surface area (Å²) in [5.74, 6) is -0.228. The van der Waals surface area contributed by atoms with Crippen LogP contribution in [0, 0.1) is 0 Å². The Hall–Kier alpha value is -10.3. The molecule has 4 aromatic heterocycles. The summed E-state index contributed by atoms with van der Waals surface area (Å²) >= 11 is 0. The van der Waals surface area contributed by atoms with Gasteiger partial charge in [-0.25, -0.2) is 19.4 Å². The minimum atomic E-state index is -1.30. The first-order chi connectivity index (χ1) is 43.3. The molecule has 4 aromatic carbocycles. The van der Waals surface area contributed by atoms with E-state index in [0.29, 0.717) is 110 Å². The Bertz CT molecular complexity index is 3760. The normalized spacial score (nSPS) is 12.2. The van der Waals surface area contributed by atoms with Crippen LogP contribution in [0.5, 0.6) is 17.2 Å². The summed E-state index contributed by atoms with van der Waals surface area (Å²) in [6, 6.07) is 26.2. The maximum absolute atomic E-state index is 13.4. The van der Waals surface area contributed by atoms with Crippen LogP contribution in [0.2, 0.25) is 0 Å². The molecule has 28 heteroatoms. The first-order valence-corrected chi connectivity index (χ1v) is 28.4. The second-order valence-electron chi connectivity index (χ2n) is 20.1. The summed E-state index contributed by atoms with van der Waals surface area (Å²) in [5, 5.41) is 29.1. The number of aromatic amines is 1. The molecule has 0 fully saturated rings. The SMILES string of the molecule is COc1cc2c(cc1OC)CN(C(=O)c1ccc(-c3ccc(NC(=O)c4ccc(OCCOCc5cn(CCOCCOCCOCCNC(=O)CC[C@H](NC(=O)c6ccc(NCc7cnc8nc(N)[nH]c(=O)c8n7)cc6)C(=O)O)nn5)cc4)cc3)o1)CC2. The number of carboxylic acid groups (broad SMARTS) is 1. The van der Waals surface area contributed by atoms with Crippen LogP contribution in [-0.4, -0.2) is 161 Å². The Balaban J connectivity index is 0.558. The van der Waals surface area contributed by atoms with Gasteiger partial charge < -0.3 is 74.6 Å². The van der Waals surface area contributed by atoms with Crippen molar-refractivity contribution >= 4 is 58.1 Å². The van der Waals surface area contributed by atoms with Crippen LogP contribution in [0.15, 0.2) is 119 Å². The van der Waals surface area contributed by atoms with Gasteiger partial charge >= 0.3 is 5.97 Å². The highest BCUT2D eigenvalue weighted by atomic mass is 16.5. The molecule has 8 N–H and O–H groups in total. The summed E-state index contributed by atoms with van der Waals surface area (Å²) < 4.78 is 46.8. The highest BCUT2D eigenvalue weighted by molar-refractivity contribution is 6.04. The van der Waals surface area contributed by atoms with Gasteiger partial charge in [-0.05, 0) is 121 Å². The molecule has 0 bridgehead atoms. The van der Waals surface area contributed by atoms with Crippen molar-refractivity contribution in [1.82, 2.24) is 50.5 Å². The lowest BCUT2D eigenvalue weighted by Crippen LogP contribution is -2.41. The number of amides is 4. The van der Waals surface area contributed by atoms with Crippen LogP contribution < -0.4 is 46.8 Å². The van der Waals surface area contributed by atoms with Gasteiger partial charge in [-0.2, -0.15) is 4.98 Å². The van der Waals surface area contributed by atoms with Gasteiger partial charge in [0.15, 0.2) is 28.4 Å². The van der Waals surface area contributed by atoms with Crippen LogP contribution in [0.3, 0.4) is 0 Å². The highest BCUT2D eigenvalue weighted by Crippen LogP contribution is 2.34. The smallest absolute Gasteiger partial charge is 0.326 e. The van der Waals surface area contributed by atoms with E-state index in [9.17, 15) is 33.9 Å². The maximum Gasteiger partial charge on any atom is 0.326 e. The van der Waals surface area contributed by atoms with E-state index in [2.05, 4.69) is 51.5 Å². The van der Waals surface area contributed by atoms with Gasteiger partial charge in [0.2, 0.25) is 11.9 Å². The number of fused-ring (bicyclic) bond motifs is 2. The number of hydrogen-bond donors (Lipinski definition) is 7. The topological polar surface area (TPSA) is 363 Å². The number of rotatable bonds is 33. The van der Waals surface area contributed by atoms with E-state index in [1.54, 1.807) is 90.7 Å². The zero-order chi connectivity index (χ0) is 62.5. The van der Waals surface area contributed by atoms with Crippen LogP contribution in [0.1, 0.15) is 66.6 Å². The van der Waals surface area contributed by atoms with Crippen molar-refractivity contribution in [3.8, 4) is 28.6 Å². The predicted molar refractivity (Wildman–Crippen MR) is 321 cm³/mol. The molecule has 0 saturated carbocycles. The summed E-state index contributed by atoms with van der Waals surface area (Å²) in [6.07, 6.45) is 3.65. The summed E-state index contributed by atoms with van der Waals surface area (Å²) in [7, 11) is 3.19. The lowest BCUT2D eigenvalue weighted by Gasteiger charge is -2.29. The summed E-state index contributed by atoms with van der Waals surface area (Å²) in [4.78, 5) is 92.3. The Kier molecular flexibility index (Phi) is 22.3. The first-order valence-electron chi connectivity index (χ1n) is 28.4. The monoisotopic (exact) mass is 1220 g/mol. The van der Waals surface area contributed by atoms with Crippen molar-refractivity contribution < 1.29 is 66.7 Å². The van der Waals surface area contributed by atoms with Crippen molar-refractivity contribution in [2.75, 3.05) is 96.5 Å². The minimum Gasteiger partial charge on any atom is -0.493 e. The molecule has 9 rings (SSSR count). The predicted octanol–water partition coefficient (Wildman–Crippen LogP) is 4.65. The molecule has 28 nitrogen and oxygen atoms in total. The number of methoxy groups -OCH3 is 2. The molecule has 5 heterocycles. The van der Waals surface area contributed by atoms with Crippen LogP contribution in [0.4, 0.5) is 17.3 Å². The number of nitrogen functional groups attached to an aromatic ring is 1. The number of aromatic nitrogens is 7. The van der Waals surface area contributed by atoms with Crippen molar-refractivity contribution in [2.24, 2.45) is 0 Å². The molecule has 0 radical (unpaired) electrons. The average molecular weight is 1220 g/mol. The summed E-state index contributed by atoms with van der Waals surface area (Å²) in [6.45, 7) is 4.54. The molecule has 0 spiro atoms. The fourth-order valence-corrected chi connectivity index (χ4v) is 9.17. The molecule has 0 aliphatic carbocycles. The fourth-order valence-electron chi connectivity index (χ4n) is 9.17. The molecule has 0 saturated heterocycles. The minimum absolute atomic E-state index is 0.0448. The summed E-state index contributed by atoms with van der Waals surface area (Å²) in [5.41, 5.74) is 11.0. The average Bonchev–Trinajstić information content (AvgIpc) is 4.43. The second-order valence-corrected chi connectivity index (χ2v) is 20.1. The standard InChI is InChI=1S/C61H67N13O15/c1-82-51-31-41-19-21-73(35-42(41)32-52(51)83-2)59(79)50-17-16-49(89-50)38-3-11-44(12-4-38)67-56(76)40-7-13-47(14-8-40)88-30-29-87-37-46-36-74(72-71-46)22-24-85-26-28-86-27-25-84-23-20-63-53(75)18-15-48(60(80)81)68-57(77)39-5-9-43(10-6-39)64-33-45-34-65-55-54(66-45)58(78)70-61(62)69-55/h3-14,16-17,31-32,34,36,48,64H,15,18-30,33,35,37H2,1-2H3,(H,63,75)(H,67,76)(H,68,77)(H,80,81)(H3,62,65,69,70,78)/t48-/m0/s1. The molecular weight excluding hydrogens is 1150 g/mol. The molecule has 8 aromatic rings. The zero-order valence-corrected chi connectivity index (χ0v) is 48.9. The maximum atomic E-state index is 13.4. The lowest BCUT2D eigenvalue weighted by molar-refractivity contribution is -0.139. The van der Waals surface area contributed by atoms with E-state index in [1.165, 1.54) is 18.3 Å². The van der Waals surface area contributed by atoms with E-state index < -0.39 is 29.4 Å². The quantitative estimate of drug-likeness (QED) is 0.0275. The third kappa shape index (κ3) is 18.1. The second kappa shape index (κ2) is 31.4. The molecule has 1 atom stereocenters. The van der Waals surface area contributed by atoms with Gasteiger partial charge in [0.25, 0.3) is 23.3 Å². The molecule has 1 aliphatic rings. The molecule has 466 valence electrons. The van der Waals surface area contributed by atoms with Gasteiger partial charge in [-0.3, -0.25) is 29.0 Å². The van der Waals surface area contributed by atoms with Crippen molar-refractivity contribution in [3.63, 3.8) is 0 Å². The number of hydrogen-bond acceptors (Lipinski definition) is 21. The van der Waals surface area contributed by atoms with E-state index in [-0.39, 0.29) is 92.6 Å². The van der Waals surface area contributed by atoms with Gasteiger partial charge in [0, 0.05) is 54.1 Å². The van der Waals surface area contributed by atoms with E-state index in [0.717, 1.165) is 16.7 Å². The largest absolute Gasteiger partial charge is 0.493 e. The number of nitrogens with zero attached hydrogens (tertiary/aromatic N) is 7. The van der Waals surface area contributed by atoms with Crippen molar-refractivity contribution in [1.29, 1.82) is 0 Å². The number of carboxylic acids is 1. The number of aliphatic carboxylic acids is 1. The number of furan rings is 1. The zero-order valence-electron chi connectivity index (χ0n) is 48.9. The lowest BCUT2D eigenvalue weighted by atomic mass is 9.98. The van der Waals surface area contributed by atoms with Crippen LogP contribution in [0.25, 0.3) is 22.5 Å². The Morgan fingerprint density at radius 1 is 0.764 bits per heavy atom. The van der Waals surface area contributed by atoms with Gasteiger partial charge in [0.05, 0.1) is 98.3 Å². The van der Waals surface area contributed by atoms with Crippen molar-refractivity contribution in [3.05, 3.63) is 159 Å². The van der Waals surface area contributed by atoms with Gasteiger partial charge in [0.1, 0.15) is 29.9 Å². The Morgan fingerprint density at radius 3 is 2.19 bits per heavy atom. The van der Waals surface area contributed by atoms with Crippen molar-refractivity contribution in [2.45, 2.75) is 51.5 Å². The molecule has 0 unspecified atom stereocenters. The fraction of sp³-hybridized carbons (Fsp3) is 0.328. The molecular formula is C61H67N13O15. The number of ether oxygens (including phenoxy) is 7. The van der Waals surface area contributed by atoms with Gasteiger partial charge in [-0.1, -0.05) is 5.21 Å². The molecule has 1 aliphatic heterocycles. The number of nitrogens with one attached hydrogen (secondary N) is 5. The number of anilines is 3. The number of carbonyl (C=O) groups excluding carboxylic acids is 4. The molecule has 89 heavy (non-hydrogen) atoms. The van der Waals surface area contributed by atoms with E-state index in [4.69, 9.17) is 43.3 Å². The Labute approximate surface area is 509 Å². The first kappa shape index (κ1) is 63.2. The number of H-pyrrole nitrogens is 1. The third-order valence-corrected chi connectivity index (χ3v) is 13.8. The van der Waals surface area contributed by atoms with Crippen LogP contribution >= 0.6 is 0 Å². The third-order valence-electron chi connectivity index (χ3n) is 13.8. The van der Waals surface area contributed by atoms with Gasteiger partial charge in [-0.15, -0.1) is 5.10 Å². The van der Waals surface area contributed by atoms with Crippen LogP contribution in [-0.2, 0) is 61.2 Å². The number of carbonyl (C=O) groups is 5. The number of benzene rings is 4. The molecule has 4 amide bonds. The number of nitrogens with two attached hydrogens (primary N) is 1. The highest BCUT2D eigenvalue weighted by Gasteiger charge is 2.27. The van der Waals surface area contributed by atoms with E-state index in [1.807, 2.05) is 24.3 Å². The van der Waals surface area contributed by atoms with E-state index >= 15 is 0 Å².